The molecule has 27 heavy (non-hydrogen) atoms. The highest BCUT2D eigenvalue weighted by molar-refractivity contribution is 5.94. The summed E-state index contributed by atoms with van der Waals surface area (Å²) in [6.07, 6.45) is 0.271. The summed E-state index contributed by atoms with van der Waals surface area (Å²) >= 11 is 0. The second kappa shape index (κ2) is 9.36. The first-order valence-electron chi connectivity index (χ1n) is 9.48. The molecule has 1 atom stereocenters. The number of amides is 2. The smallest absolute Gasteiger partial charge is 0.251 e. The predicted molar refractivity (Wildman–Crippen MR) is 110 cm³/mol. The molecule has 4 nitrogen and oxygen atoms in total. The molecule has 0 saturated heterocycles. The molecule has 2 aromatic rings. The van der Waals surface area contributed by atoms with Crippen molar-refractivity contribution in [2.75, 3.05) is 13.1 Å². The minimum Gasteiger partial charge on any atom is -0.355 e. The van der Waals surface area contributed by atoms with Crippen LogP contribution in [0.2, 0.25) is 0 Å². The highest BCUT2D eigenvalue weighted by Crippen LogP contribution is 2.22. The molecule has 0 radical (unpaired) electrons. The molecule has 0 heterocycles. The fourth-order valence-electron chi connectivity index (χ4n) is 2.77. The number of carbonyl (C=O) groups is 2. The normalized spacial score (nSPS) is 12.3. The lowest BCUT2D eigenvalue weighted by molar-refractivity contribution is -0.121. The van der Waals surface area contributed by atoms with Crippen molar-refractivity contribution < 1.29 is 9.59 Å². The summed E-state index contributed by atoms with van der Waals surface area (Å²) in [4.78, 5) is 24.2. The van der Waals surface area contributed by atoms with Crippen LogP contribution in [0.4, 0.5) is 0 Å². The molecule has 2 amide bonds. The van der Waals surface area contributed by atoms with Gasteiger partial charge < -0.3 is 10.6 Å². The first-order chi connectivity index (χ1) is 12.8. The summed E-state index contributed by atoms with van der Waals surface area (Å²) < 4.78 is 0. The van der Waals surface area contributed by atoms with Crippen LogP contribution >= 0.6 is 0 Å². The average Bonchev–Trinajstić information content (AvgIpc) is 2.66. The number of carbonyl (C=O) groups excluding carboxylic acids is 2. The Labute approximate surface area is 162 Å². The molecular weight excluding hydrogens is 336 g/mol. The van der Waals surface area contributed by atoms with E-state index in [1.165, 1.54) is 11.1 Å². The van der Waals surface area contributed by atoms with Crippen molar-refractivity contribution in [1.82, 2.24) is 10.6 Å². The van der Waals surface area contributed by atoms with Crippen molar-refractivity contribution >= 4 is 11.8 Å². The van der Waals surface area contributed by atoms with Gasteiger partial charge in [-0.3, -0.25) is 9.59 Å². The molecule has 0 bridgehead atoms. The summed E-state index contributed by atoms with van der Waals surface area (Å²) in [6.45, 7) is 9.41. The Kier molecular flexibility index (Phi) is 7.17. The summed E-state index contributed by atoms with van der Waals surface area (Å²) in [5.74, 6) is 0.0492. The molecule has 2 N–H and O–H groups in total. The van der Waals surface area contributed by atoms with Crippen LogP contribution in [0.15, 0.2) is 54.6 Å². The average molecular weight is 367 g/mol. The molecule has 0 fully saturated rings. The van der Waals surface area contributed by atoms with E-state index in [1.54, 1.807) is 0 Å². The lowest BCUT2D eigenvalue weighted by Gasteiger charge is -2.19. The molecule has 0 aliphatic carbocycles. The lowest BCUT2D eigenvalue weighted by Crippen LogP contribution is -2.32. The quantitative estimate of drug-likeness (QED) is 0.777. The van der Waals surface area contributed by atoms with Gasteiger partial charge in [0.2, 0.25) is 5.91 Å². The van der Waals surface area contributed by atoms with Gasteiger partial charge in [-0.25, -0.2) is 0 Å². The van der Waals surface area contributed by atoms with Gasteiger partial charge in [-0.15, -0.1) is 0 Å². The van der Waals surface area contributed by atoms with Crippen LogP contribution in [0.3, 0.4) is 0 Å². The van der Waals surface area contributed by atoms with E-state index in [0.29, 0.717) is 18.7 Å². The second-order valence-corrected chi connectivity index (χ2v) is 7.95. The molecular formula is C23H30N2O2. The van der Waals surface area contributed by atoms with Crippen LogP contribution in [-0.2, 0) is 10.2 Å². The Bertz CT molecular complexity index is 746. The molecule has 0 saturated carbocycles. The largest absolute Gasteiger partial charge is 0.355 e. The molecule has 0 spiro atoms. The van der Waals surface area contributed by atoms with E-state index in [1.807, 2.05) is 42.5 Å². The molecule has 0 aliphatic heterocycles. The summed E-state index contributed by atoms with van der Waals surface area (Å²) in [7, 11) is 0. The van der Waals surface area contributed by atoms with Gasteiger partial charge in [0.15, 0.2) is 0 Å². The highest BCUT2D eigenvalue weighted by atomic mass is 16.2. The Morgan fingerprint density at radius 1 is 0.926 bits per heavy atom. The maximum absolute atomic E-state index is 12.2. The molecule has 2 aromatic carbocycles. The molecule has 4 heteroatoms. The van der Waals surface area contributed by atoms with Crippen molar-refractivity contribution in [3.8, 4) is 0 Å². The molecule has 0 aromatic heterocycles. The van der Waals surface area contributed by atoms with Crippen molar-refractivity contribution in [3.63, 3.8) is 0 Å². The maximum atomic E-state index is 12.2. The van der Waals surface area contributed by atoms with Crippen LogP contribution in [0.25, 0.3) is 0 Å². The van der Waals surface area contributed by atoms with Crippen LogP contribution in [0.1, 0.15) is 61.5 Å². The van der Waals surface area contributed by atoms with Crippen molar-refractivity contribution in [3.05, 3.63) is 71.3 Å². The van der Waals surface area contributed by atoms with E-state index in [2.05, 4.69) is 50.5 Å². The number of nitrogens with one attached hydrogen (secondary N) is 2. The minimum absolute atomic E-state index is 0.0545. The fraction of sp³-hybridized carbons (Fsp3) is 0.391. The van der Waals surface area contributed by atoms with E-state index in [9.17, 15) is 9.59 Å². The fourth-order valence-corrected chi connectivity index (χ4v) is 2.77. The number of benzene rings is 2. The number of hydrogen-bond acceptors (Lipinski definition) is 2. The van der Waals surface area contributed by atoms with Crippen molar-refractivity contribution in [2.45, 2.75) is 45.4 Å². The van der Waals surface area contributed by atoms with E-state index >= 15 is 0 Å². The molecule has 2 rings (SSSR count). The van der Waals surface area contributed by atoms with E-state index < -0.39 is 0 Å². The van der Waals surface area contributed by atoms with Crippen LogP contribution < -0.4 is 10.6 Å². The Morgan fingerprint density at radius 3 is 2.15 bits per heavy atom. The van der Waals surface area contributed by atoms with Gasteiger partial charge in [0.1, 0.15) is 0 Å². The number of rotatable bonds is 7. The Morgan fingerprint density at radius 2 is 1.56 bits per heavy atom. The highest BCUT2D eigenvalue weighted by Gasteiger charge is 2.14. The topological polar surface area (TPSA) is 58.2 Å². The SMILES string of the molecule is CC(CNC(=O)CCNC(=O)c1ccc(C(C)(C)C)cc1)c1ccccc1. The van der Waals surface area contributed by atoms with Gasteiger partial charge in [-0.1, -0.05) is 70.2 Å². The number of hydrogen-bond donors (Lipinski definition) is 2. The van der Waals surface area contributed by atoms with Crippen molar-refractivity contribution in [1.29, 1.82) is 0 Å². The summed E-state index contributed by atoms with van der Waals surface area (Å²) in [5.41, 5.74) is 3.06. The zero-order chi connectivity index (χ0) is 19.9. The monoisotopic (exact) mass is 366 g/mol. The minimum atomic E-state index is -0.152. The predicted octanol–water partition coefficient (Wildman–Crippen LogP) is 4.02. The maximum Gasteiger partial charge on any atom is 0.251 e. The van der Waals surface area contributed by atoms with E-state index in [0.717, 1.165) is 0 Å². The van der Waals surface area contributed by atoms with Gasteiger partial charge in [0.05, 0.1) is 0 Å². The van der Waals surface area contributed by atoms with Gasteiger partial charge in [-0.05, 0) is 34.6 Å². The molecule has 1 unspecified atom stereocenters. The third-order valence-electron chi connectivity index (χ3n) is 4.62. The van der Waals surface area contributed by atoms with Crippen LogP contribution in [0.5, 0.6) is 0 Å². The standard InChI is InChI=1S/C23H30N2O2/c1-17(18-8-6-5-7-9-18)16-25-21(26)14-15-24-22(27)19-10-12-20(13-11-19)23(2,3)4/h5-13,17H,14-16H2,1-4H3,(H,24,27)(H,25,26). The first kappa shape index (κ1) is 20.7. The Hall–Kier alpha value is -2.62. The van der Waals surface area contributed by atoms with Gasteiger partial charge in [0.25, 0.3) is 5.91 Å². The first-order valence-corrected chi connectivity index (χ1v) is 9.48. The Balaban J connectivity index is 1.72. The lowest BCUT2D eigenvalue weighted by atomic mass is 9.87. The van der Waals surface area contributed by atoms with Crippen LogP contribution in [-0.4, -0.2) is 24.9 Å². The summed E-state index contributed by atoms with van der Waals surface area (Å²) in [6, 6.07) is 17.7. The van der Waals surface area contributed by atoms with Gasteiger partial charge in [-0.2, -0.15) is 0 Å². The molecule has 144 valence electrons. The second-order valence-electron chi connectivity index (χ2n) is 7.95. The molecule has 0 aliphatic rings. The van der Waals surface area contributed by atoms with Gasteiger partial charge >= 0.3 is 0 Å². The third-order valence-corrected chi connectivity index (χ3v) is 4.62. The van der Waals surface area contributed by atoms with Crippen LogP contribution in [0, 0.1) is 0 Å². The van der Waals surface area contributed by atoms with Crippen molar-refractivity contribution in [2.24, 2.45) is 0 Å². The van der Waals surface area contributed by atoms with E-state index in [4.69, 9.17) is 0 Å². The zero-order valence-corrected chi connectivity index (χ0v) is 16.7. The summed E-state index contributed by atoms with van der Waals surface area (Å²) in [5, 5.41) is 5.74. The third kappa shape index (κ3) is 6.55. The zero-order valence-electron chi connectivity index (χ0n) is 16.7. The van der Waals surface area contributed by atoms with Gasteiger partial charge in [0, 0.05) is 25.1 Å². The van der Waals surface area contributed by atoms with E-state index in [-0.39, 0.29) is 29.6 Å².